The van der Waals surface area contributed by atoms with Crippen LogP contribution in [0.4, 0.5) is 0 Å². The van der Waals surface area contributed by atoms with E-state index in [2.05, 4.69) is 54.5 Å². The maximum absolute atomic E-state index is 6.40. The van der Waals surface area contributed by atoms with Crippen LogP contribution >= 0.6 is 54.5 Å². The normalized spacial score (nSPS) is 12.3. The van der Waals surface area contributed by atoms with E-state index in [1.165, 1.54) is 0 Å². The predicted molar refractivity (Wildman–Crippen MR) is 93.6 cm³/mol. The Bertz CT molecular complexity index is 604. The Kier molecular flexibility index (Phi) is 5.28. The van der Waals surface area contributed by atoms with E-state index in [-0.39, 0.29) is 6.04 Å². The Hall–Kier alpha value is -0.110. The Labute approximate surface area is 143 Å². The van der Waals surface area contributed by atoms with Gasteiger partial charge >= 0.3 is 0 Å². The van der Waals surface area contributed by atoms with Gasteiger partial charge < -0.3 is 10.5 Å². The number of benzene rings is 2. The molecule has 1 atom stereocenters. The molecule has 2 aromatic carbocycles. The van der Waals surface area contributed by atoms with Crippen LogP contribution in [0, 0.1) is 3.57 Å². The van der Waals surface area contributed by atoms with Gasteiger partial charge in [0.25, 0.3) is 0 Å². The molecule has 2 aromatic rings. The van der Waals surface area contributed by atoms with E-state index in [9.17, 15) is 0 Å². The summed E-state index contributed by atoms with van der Waals surface area (Å²) in [5.41, 5.74) is 8.45. The summed E-state index contributed by atoms with van der Waals surface area (Å²) in [6.07, 6.45) is 0. The fourth-order valence-corrected chi connectivity index (χ4v) is 3.30. The molecule has 0 saturated carbocycles. The standard InChI is InChI=1S/C14H12Br2INO/c1-19-13-5-3-9(16)7-11(13)14(18)10-6-8(15)2-4-12(10)17/h2-7,14H,18H2,1H3. The second-order valence-corrected chi connectivity index (χ2v) is 7.02. The highest BCUT2D eigenvalue weighted by Gasteiger charge is 2.17. The number of hydrogen-bond acceptors (Lipinski definition) is 2. The minimum atomic E-state index is -0.225. The van der Waals surface area contributed by atoms with Gasteiger partial charge in [0.15, 0.2) is 0 Å². The zero-order chi connectivity index (χ0) is 14.0. The lowest BCUT2D eigenvalue weighted by Crippen LogP contribution is -2.14. The molecule has 0 aromatic heterocycles. The third-order valence-corrected chi connectivity index (χ3v) is 4.79. The highest BCUT2D eigenvalue weighted by Crippen LogP contribution is 2.33. The maximum Gasteiger partial charge on any atom is 0.124 e. The summed E-state index contributed by atoms with van der Waals surface area (Å²) >= 11 is 9.26. The van der Waals surface area contributed by atoms with E-state index >= 15 is 0 Å². The largest absolute Gasteiger partial charge is 0.496 e. The summed E-state index contributed by atoms with van der Waals surface area (Å²) in [6, 6.07) is 11.7. The fourth-order valence-electron chi connectivity index (χ4n) is 1.87. The van der Waals surface area contributed by atoms with Crippen LogP contribution in [0.5, 0.6) is 5.75 Å². The Morgan fingerprint density at radius 2 is 1.63 bits per heavy atom. The van der Waals surface area contributed by atoms with Crippen molar-refractivity contribution in [1.82, 2.24) is 0 Å². The van der Waals surface area contributed by atoms with Gasteiger partial charge in [-0.2, -0.15) is 0 Å². The van der Waals surface area contributed by atoms with Gasteiger partial charge in [-0.25, -0.2) is 0 Å². The van der Waals surface area contributed by atoms with E-state index in [0.717, 1.165) is 29.4 Å². The lowest BCUT2D eigenvalue weighted by molar-refractivity contribution is 0.407. The zero-order valence-corrected chi connectivity index (χ0v) is 15.5. The predicted octanol–water partition coefficient (Wildman–Crippen LogP) is 4.87. The van der Waals surface area contributed by atoms with Gasteiger partial charge in [-0.05, 0) is 64.6 Å². The van der Waals surface area contributed by atoms with Crippen LogP contribution in [-0.2, 0) is 0 Å². The van der Waals surface area contributed by atoms with Crippen molar-refractivity contribution in [2.45, 2.75) is 6.04 Å². The lowest BCUT2D eigenvalue weighted by Gasteiger charge is -2.18. The summed E-state index contributed by atoms with van der Waals surface area (Å²) < 4.78 is 8.54. The zero-order valence-electron chi connectivity index (χ0n) is 10.2. The topological polar surface area (TPSA) is 35.2 Å². The molecule has 19 heavy (non-hydrogen) atoms. The Morgan fingerprint density at radius 3 is 2.26 bits per heavy atom. The SMILES string of the molecule is COc1ccc(Br)cc1C(N)c1cc(Br)ccc1I. The Balaban J connectivity index is 2.51. The fraction of sp³-hybridized carbons (Fsp3) is 0.143. The first-order valence-electron chi connectivity index (χ1n) is 5.57. The van der Waals surface area contributed by atoms with Crippen LogP contribution in [0.25, 0.3) is 0 Å². The van der Waals surface area contributed by atoms with E-state index in [1.54, 1.807) is 7.11 Å². The maximum atomic E-state index is 6.40. The molecule has 0 heterocycles. The highest BCUT2D eigenvalue weighted by molar-refractivity contribution is 14.1. The summed E-state index contributed by atoms with van der Waals surface area (Å²) in [5, 5.41) is 0. The molecule has 100 valence electrons. The molecule has 2 nitrogen and oxygen atoms in total. The van der Waals surface area contributed by atoms with Gasteiger partial charge in [-0.3, -0.25) is 0 Å². The number of hydrogen-bond donors (Lipinski definition) is 1. The molecule has 0 aliphatic carbocycles. The van der Waals surface area contributed by atoms with Crippen LogP contribution in [0.3, 0.4) is 0 Å². The van der Waals surface area contributed by atoms with Crippen molar-refractivity contribution < 1.29 is 4.74 Å². The second-order valence-electron chi connectivity index (χ2n) is 4.03. The number of methoxy groups -OCH3 is 1. The summed E-state index contributed by atoms with van der Waals surface area (Å²) in [7, 11) is 1.66. The van der Waals surface area contributed by atoms with E-state index in [1.807, 2.05) is 36.4 Å². The van der Waals surface area contributed by atoms with Gasteiger partial charge in [0.05, 0.1) is 13.2 Å². The van der Waals surface area contributed by atoms with Crippen molar-refractivity contribution in [3.05, 3.63) is 60.0 Å². The van der Waals surface area contributed by atoms with Crippen LogP contribution < -0.4 is 10.5 Å². The molecule has 5 heteroatoms. The quantitative estimate of drug-likeness (QED) is 0.615. The first-order chi connectivity index (χ1) is 9.02. The molecule has 0 aliphatic rings. The summed E-state index contributed by atoms with van der Waals surface area (Å²) in [6.45, 7) is 0. The second kappa shape index (κ2) is 6.56. The van der Waals surface area contributed by atoms with Crippen LogP contribution in [-0.4, -0.2) is 7.11 Å². The molecule has 1 unspecified atom stereocenters. The Morgan fingerprint density at radius 1 is 1.05 bits per heavy atom. The molecule has 0 saturated heterocycles. The van der Waals surface area contributed by atoms with E-state index < -0.39 is 0 Å². The van der Waals surface area contributed by atoms with Gasteiger partial charge in [0.2, 0.25) is 0 Å². The number of nitrogens with two attached hydrogens (primary N) is 1. The molecular weight excluding hydrogens is 485 g/mol. The third-order valence-electron chi connectivity index (χ3n) is 2.82. The van der Waals surface area contributed by atoms with Gasteiger partial charge in [0.1, 0.15) is 5.75 Å². The smallest absolute Gasteiger partial charge is 0.124 e. The molecule has 0 aliphatic heterocycles. The van der Waals surface area contributed by atoms with E-state index in [0.29, 0.717) is 0 Å². The molecule has 0 bridgehead atoms. The molecule has 0 spiro atoms. The molecule has 0 amide bonds. The van der Waals surface area contributed by atoms with Crippen LogP contribution in [0.15, 0.2) is 45.3 Å². The summed E-state index contributed by atoms with van der Waals surface area (Å²) in [5.74, 6) is 0.798. The number of ether oxygens (including phenoxy) is 1. The minimum Gasteiger partial charge on any atom is -0.496 e. The monoisotopic (exact) mass is 495 g/mol. The van der Waals surface area contributed by atoms with Gasteiger partial charge in [-0.1, -0.05) is 31.9 Å². The first kappa shape index (κ1) is 15.3. The summed E-state index contributed by atoms with van der Waals surface area (Å²) in [4.78, 5) is 0. The molecular formula is C14H12Br2INO. The van der Waals surface area contributed by atoms with Crippen molar-refractivity contribution in [2.75, 3.05) is 7.11 Å². The average Bonchev–Trinajstić information content (AvgIpc) is 2.40. The minimum absolute atomic E-state index is 0.225. The lowest BCUT2D eigenvalue weighted by atomic mass is 9.99. The average molecular weight is 497 g/mol. The van der Waals surface area contributed by atoms with Crippen LogP contribution in [0.2, 0.25) is 0 Å². The van der Waals surface area contributed by atoms with E-state index in [4.69, 9.17) is 10.5 Å². The van der Waals surface area contributed by atoms with Gasteiger partial charge in [0, 0.05) is 18.1 Å². The van der Waals surface area contributed by atoms with Crippen molar-refractivity contribution in [3.63, 3.8) is 0 Å². The molecule has 2 N–H and O–H groups in total. The highest BCUT2D eigenvalue weighted by atomic mass is 127. The number of halogens is 3. The molecule has 0 radical (unpaired) electrons. The third kappa shape index (κ3) is 3.51. The van der Waals surface area contributed by atoms with Crippen LogP contribution in [0.1, 0.15) is 17.2 Å². The number of rotatable bonds is 3. The van der Waals surface area contributed by atoms with Gasteiger partial charge in [-0.15, -0.1) is 0 Å². The molecule has 0 fully saturated rings. The van der Waals surface area contributed by atoms with Crippen molar-refractivity contribution >= 4 is 54.5 Å². The van der Waals surface area contributed by atoms with Crippen molar-refractivity contribution in [3.8, 4) is 5.75 Å². The van der Waals surface area contributed by atoms with Crippen molar-refractivity contribution in [2.24, 2.45) is 5.73 Å². The molecule has 2 rings (SSSR count). The first-order valence-corrected chi connectivity index (χ1v) is 8.23. The van der Waals surface area contributed by atoms with Crippen molar-refractivity contribution in [1.29, 1.82) is 0 Å².